The number of ether oxygens (including phenoxy) is 1. The number of carbonyl (C=O) groups is 1. The molecule has 0 heterocycles. The van der Waals surface area contributed by atoms with Crippen LogP contribution in [0.5, 0.6) is 5.75 Å². The first kappa shape index (κ1) is 13.0. The Hall–Kier alpha value is -2.02. The number of nitrogens with zero attached hydrogens (tertiary/aromatic N) is 1. The molecule has 1 aromatic rings. The van der Waals surface area contributed by atoms with Crippen LogP contribution in [0.25, 0.3) is 0 Å². The molecule has 1 N–H and O–H groups in total. The van der Waals surface area contributed by atoms with E-state index in [0.29, 0.717) is 5.56 Å². The maximum atomic E-state index is 11.5. The van der Waals surface area contributed by atoms with Crippen LogP contribution in [0.4, 0.5) is 0 Å². The summed E-state index contributed by atoms with van der Waals surface area (Å²) < 4.78 is 5.60. The van der Waals surface area contributed by atoms with Crippen molar-refractivity contribution in [3.8, 4) is 11.8 Å². The summed E-state index contributed by atoms with van der Waals surface area (Å²) in [6.07, 6.45) is 1.10. The molecule has 0 saturated carbocycles. The number of carbonyl (C=O) groups excluding carboxylic acids is 1. The van der Waals surface area contributed by atoms with Crippen LogP contribution in [-0.2, 0) is 0 Å². The molecule has 90 valence electrons. The normalized spacial score (nSPS) is 11.4. The predicted molar refractivity (Wildman–Crippen MR) is 64.8 cm³/mol. The molecule has 0 spiro atoms. The van der Waals surface area contributed by atoms with Gasteiger partial charge in [0.15, 0.2) is 0 Å². The quantitative estimate of drug-likeness (QED) is 0.791. The van der Waals surface area contributed by atoms with Crippen molar-refractivity contribution < 1.29 is 9.53 Å². The highest BCUT2D eigenvalue weighted by molar-refractivity contribution is 5.94. The van der Waals surface area contributed by atoms with Crippen molar-refractivity contribution in [2.24, 2.45) is 0 Å². The minimum atomic E-state index is -0.248. The van der Waals surface area contributed by atoms with E-state index < -0.39 is 0 Å². The van der Waals surface area contributed by atoms with E-state index in [9.17, 15) is 4.79 Å². The van der Waals surface area contributed by atoms with Crippen LogP contribution in [0.2, 0.25) is 0 Å². The lowest BCUT2D eigenvalue weighted by atomic mass is 10.2. The van der Waals surface area contributed by atoms with Crippen LogP contribution >= 0.6 is 0 Å². The van der Waals surface area contributed by atoms with Crippen LogP contribution in [-0.4, -0.2) is 18.6 Å². The van der Waals surface area contributed by atoms with Crippen molar-refractivity contribution in [3.05, 3.63) is 29.8 Å². The molecule has 0 aliphatic carbocycles. The summed E-state index contributed by atoms with van der Waals surface area (Å²) in [5.74, 6) is 0.498. The molecule has 0 bridgehead atoms. The second-order valence-corrected chi connectivity index (χ2v) is 3.70. The predicted octanol–water partition coefficient (Wildman–Crippen LogP) is 2.12. The summed E-state index contributed by atoms with van der Waals surface area (Å²) in [4.78, 5) is 11.5. The first-order valence-corrected chi connectivity index (χ1v) is 5.59. The molecule has 0 aromatic heterocycles. The molecule has 4 nitrogen and oxygen atoms in total. The fraction of sp³-hybridized carbons (Fsp3) is 0.385. The zero-order valence-electron chi connectivity index (χ0n) is 10.1. The minimum absolute atomic E-state index is 0.0178. The lowest BCUT2D eigenvalue weighted by molar-refractivity contribution is 0.0958. The summed E-state index contributed by atoms with van der Waals surface area (Å²) in [5, 5.41) is 10.8. The van der Waals surface area contributed by atoms with Crippen molar-refractivity contribution in [3.63, 3.8) is 0 Å². The molecular weight excluding hydrogens is 216 g/mol. The fourth-order valence-electron chi connectivity index (χ4n) is 1.22. The average molecular weight is 232 g/mol. The molecule has 0 fully saturated rings. The van der Waals surface area contributed by atoms with E-state index in [1.807, 2.05) is 19.9 Å². The molecule has 0 aliphatic rings. The molecule has 0 aliphatic heterocycles. The van der Waals surface area contributed by atoms with Gasteiger partial charge < -0.3 is 10.1 Å². The first-order chi connectivity index (χ1) is 8.17. The van der Waals surface area contributed by atoms with E-state index in [1.165, 1.54) is 0 Å². The van der Waals surface area contributed by atoms with Gasteiger partial charge in [-0.05, 0) is 37.6 Å². The van der Waals surface area contributed by atoms with Gasteiger partial charge >= 0.3 is 0 Å². The smallest absolute Gasteiger partial charge is 0.252 e. The van der Waals surface area contributed by atoms with E-state index >= 15 is 0 Å². The van der Waals surface area contributed by atoms with E-state index in [4.69, 9.17) is 10.00 Å². The molecule has 0 unspecified atom stereocenters. The third-order valence-corrected chi connectivity index (χ3v) is 2.36. The zero-order valence-corrected chi connectivity index (χ0v) is 10.1. The number of nitriles is 1. The van der Waals surface area contributed by atoms with Gasteiger partial charge in [0.2, 0.25) is 0 Å². The molecular formula is C13H16N2O2. The maximum absolute atomic E-state index is 11.5. The van der Waals surface area contributed by atoms with Crippen LogP contribution in [0.3, 0.4) is 0 Å². The van der Waals surface area contributed by atoms with Crippen molar-refractivity contribution in [2.75, 3.05) is 6.54 Å². The molecule has 1 atom stereocenters. The lowest BCUT2D eigenvalue weighted by Gasteiger charge is -2.12. The second kappa shape index (κ2) is 6.54. The van der Waals surface area contributed by atoms with E-state index in [0.717, 1.165) is 12.2 Å². The minimum Gasteiger partial charge on any atom is -0.491 e. The van der Waals surface area contributed by atoms with Gasteiger partial charge in [-0.25, -0.2) is 0 Å². The van der Waals surface area contributed by atoms with Gasteiger partial charge in [0.1, 0.15) is 12.3 Å². The highest BCUT2D eigenvalue weighted by Crippen LogP contribution is 2.14. The number of amides is 1. The van der Waals surface area contributed by atoms with Crippen molar-refractivity contribution in [1.29, 1.82) is 5.26 Å². The van der Waals surface area contributed by atoms with Crippen LogP contribution < -0.4 is 10.1 Å². The number of rotatable bonds is 5. The van der Waals surface area contributed by atoms with Crippen LogP contribution in [0.15, 0.2) is 24.3 Å². The van der Waals surface area contributed by atoms with Crippen molar-refractivity contribution in [2.45, 2.75) is 26.4 Å². The molecule has 4 heteroatoms. The number of hydrogen-bond donors (Lipinski definition) is 1. The largest absolute Gasteiger partial charge is 0.491 e. The van der Waals surface area contributed by atoms with Crippen LogP contribution in [0, 0.1) is 11.3 Å². The average Bonchev–Trinajstić information content (AvgIpc) is 2.36. The van der Waals surface area contributed by atoms with Gasteiger partial charge in [0.25, 0.3) is 5.91 Å². The third kappa shape index (κ3) is 4.15. The van der Waals surface area contributed by atoms with Crippen LogP contribution in [0.1, 0.15) is 30.6 Å². The Morgan fingerprint density at radius 1 is 1.47 bits per heavy atom. The summed E-state index contributed by atoms with van der Waals surface area (Å²) in [5.41, 5.74) is 0.525. The van der Waals surface area contributed by atoms with Crippen molar-refractivity contribution >= 4 is 5.91 Å². The summed E-state index contributed by atoms with van der Waals surface area (Å²) in [6.45, 7) is 4.06. The number of benzene rings is 1. The Balaban J connectivity index is 2.62. The molecule has 1 aromatic carbocycles. The number of nitrogens with one attached hydrogen (secondary N) is 1. The SMILES string of the molecule is CC[C@@H](C)Oc1ccc(C(=O)NCC#N)cc1. The topological polar surface area (TPSA) is 62.1 Å². The van der Waals surface area contributed by atoms with Gasteiger partial charge in [-0.15, -0.1) is 0 Å². The van der Waals surface area contributed by atoms with Gasteiger partial charge in [0, 0.05) is 5.56 Å². The van der Waals surface area contributed by atoms with Crippen molar-refractivity contribution in [1.82, 2.24) is 5.32 Å². The summed E-state index contributed by atoms with van der Waals surface area (Å²) >= 11 is 0. The highest BCUT2D eigenvalue weighted by atomic mass is 16.5. The molecule has 17 heavy (non-hydrogen) atoms. The molecule has 1 rings (SSSR count). The zero-order chi connectivity index (χ0) is 12.7. The van der Waals surface area contributed by atoms with E-state index in [1.54, 1.807) is 24.3 Å². The van der Waals surface area contributed by atoms with Gasteiger partial charge in [-0.2, -0.15) is 5.26 Å². The van der Waals surface area contributed by atoms with Gasteiger partial charge in [0.05, 0.1) is 12.2 Å². The van der Waals surface area contributed by atoms with E-state index in [2.05, 4.69) is 5.32 Å². The Morgan fingerprint density at radius 3 is 2.65 bits per heavy atom. The fourth-order valence-corrected chi connectivity index (χ4v) is 1.22. The van der Waals surface area contributed by atoms with E-state index in [-0.39, 0.29) is 18.6 Å². The Morgan fingerprint density at radius 2 is 2.12 bits per heavy atom. The Kier molecular flexibility index (Phi) is 5.02. The maximum Gasteiger partial charge on any atom is 0.252 e. The highest BCUT2D eigenvalue weighted by Gasteiger charge is 2.05. The molecule has 0 saturated heterocycles. The monoisotopic (exact) mass is 232 g/mol. The molecule has 0 radical (unpaired) electrons. The standard InChI is InChI=1S/C13H16N2O2/c1-3-10(2)17-12-6-4-11(5-7-12)13(16)15-9-8-14/h4-7,10H,3,9H2,1-2H3,(H,15,16)/t10-/m1/s1. The Bertz CT molecular complexity index is 406. The summed E-state index contributed by atoms with van der Waals surface area (Å²) in [6, 6.07) is 8.74. The van der Waals surface area contributed by atoms with Gasteiger partial charge in [-0.3, -0.25) is 4.79 Å². The Labute approximate surface area is 101 Å². The summed E-state index contributed by atoms with van der Waals surface area (Å²) in [7, 11) is 0. The first-order valence-electron chi connectivity index (χ1n) is 5.59. The second-order valence-electron chi connectivity index (χ2n) is 3.70. The number of hydrogen-bond acceptors (Lipinski definition) is 3. The lowest BCUT2D eigenvalue weighted by Crippen LogP contribution is -2.23. The molecule has 1 amide bonds. The third-order valence-electron chi connectivity index (χ3n) is 2.36. The van der Waals surface area contributed by atoms with Gasteiger partial charge in [-0.1, -0.05) is 6.92 Å².